The van der Waals surface area contributed by atoms with Gasteiger partial charge in [0.05, 0.1) is 11.2 Å². The molecule has 0 saturated carbocycles. The number of benzene rings is 1. The summed E-state index contributed by atoms with van der Waals surface area (Å²) in [5, 5.41) is 2.17. The third-order valence-electron chi connectivity index (χ3n) is 2.13. The first kappa shape index (κ1) is 11.0. The first-order valence-electron chi connectivity index (χ1n) is 4.55. The van der Waals surface area contributed by atoms with Crippen LogP contribution in [-0.2, 0) is 15.6 Å². The monoisotopic (exact) mass is 238 g/mol. The minimum absolute atomic E-state index is 0.639. The topological polar surface area (TPSA) is 62.7 Å². The Morgan fingerprint density at radius 2 is 2.12 bits per heavy atom. The minimum Gasteiger partial charge on any atom is -0.282 e. The number of hydrogen-bond donors (Lipinski definition) is 1. The number of hydrogen-bond acceptors (Lipinski definition) is 4. The maximum Gasteiger partial charge on any atom is 0.325 e. The third-order valence-corrected chi connectivity index (χ3v) is 2.48. The van der Waals surface area contributed by atoms with E-state index in [1.807, 2.05) is 24.3 Å². The molecule has 0 radical (unpaired) electrons. The Balaban J connectivity index is 2.47. The Bertz CT molecular complexity index is 527. The van der Waals surface area contributed by atoms with Crippen molar-refractivity contribution >= 4 is 28.0 Å². The molecule has 1 heterocycles. The highest BCUT2D eigenvalue weighted by molar-refractivity contribution is 7.74. The molecule has 1 atom stereocenters. The highest BCUT2D eigenvalue weighted by Crippen LogP contribution is 2.23. The summed E-state index contributed by atoms with van der Waals surface area (Å²) in [5.41, 5.74) is 1.36. The molecule has 0 saturated heterocycles. The summed E-state index contributed by atoms with van der Waals surface area (Å²) in [6, 6.07) is 9.25. The summed E-state index contributed by atoms with van der Waals surface area (Å²) in [6.07, 6.45) is 1.66. The van der Waals surface area contributed by atoms with Gasteiger partial charge in [0.25, 0.3) is 0 Å². The molecule has 5 nitrogen and oxygen atoms in total. The van der Waals surface area contributed by atoms with Crippen LogP contribution in [0.25, 0.3) is 10.9 Å². The maximum absolute atomic E-state index is 10.5. The van der Waals surface area contributed by atoms with Crippen molar-refractivity contribution in [1.82, 2.24) is 4.98 Å². The van der Waals surface area contributed by atoms with E-state index in [1.54, 1.807) is 19.3 Å². The SMILES string of the molecule is CN(OS(=O)O)c1cccc2cccnc12. The predicted molar refractivity (Wildman–Crippen MR) is 62.0 cm³/mol. The van der Waals surface area contributed by atoms with E-state index < -0.39 is 11.4 Å². The molecule has 0 aliphatic heterocycles. The van der Waals surface area contributed by atoms with Crippen molar-refractivity contribution in [3.63, 3.8) is 0 Å². The molecule has 1 aromatic carbocycles. The number of fused-ring (bicyclic) bond motifs is 1. The lowest BCUT2D eigenvalue weighted by Gasteiger charge is -2.16. The number of rotatable bonds is 3. The zero-order valence-electron chi connectivity index (χ0n) is 8.53. The molecule has 84 valence electrons. The summed E-state index contributed by atoms with van der Waals surface area (Å²) in [5.74, 6) is 0. The lowest BCUT2D eigenvalue weighted by molar-refractivity contribution is 0.296. The molecule has 0 aliphatic rings. The van der Waals surface area contributed by atoms with Crippen molar-refractivity contribution in [2.24, 2.45) is 0 Å². The summed E-state index contributed by atoms with van der Waals surface area (Å²) in [4.78, 5) is 4.21. The molecule has 6 heteroatoms. The molecule has 0 spiro atoms. The Kier molecular flexibility index (Phi) is 3.14. The quantitative estimate of drug-likeness (QED) is 0.652. The third kappa shape index (κ3) is 2.19. The largest absolute Gasteiger partial charge is 0.325 e. The van der Waals surface area contributed by atoms with Crippen LogP contribution in [0.2, 0.25) is 0 Å². The highest BCUT2D eigenvalue weighted by atomic mass is 32.2. The van der Waals surface area contributed by atoms with Crippen LogP contribution >= 0.6 is 0 Å². The van der Waals surface area contributed by atoms with Crippen LogP contribution in [0.1, 0.15) is 0 Å². The van der Waals surface area contributed by atoms with Crippen LogP contribution in [0.15, 0.2) is 36.5 Å². The minimum atomic E-state index is -2.34. The van der Waals surface area contributed by atoms with Gasteiger partial charge in [-0.05, 0) is 12.1 Å². The number of aromatic nitrogens is 1. The first-order valence-corrected chi connectivity index (χ1v) is 5.58. The fraction of sp³-hybridized carbons (Fsp3) is 0.100. The molecule has 0 bridgehead atoms. The molecule has 16 heavy (non-hydrogen) atoms. The lowest BCUT2D eigenvalue weighted by atomic mass is 10.2. The zero-order chi connectivity index (χ0) is 11.5. The van der Waals surface area contributed by atoms with Crippen molar-refractivity contribution in [3.05, 3.63) is 36.5 Å². The average molecular weight is 238 g/mol. The van der Waals surface area contributed by atoms with Gasteiger partial charge >= 0.3 is 11.4 Å². The van der Waals surface area contributed by atoms with Crippen molar-refractivity contribution < 1.29 is 13.0 Å². The van der Waals surface area contributed by atoms with Crippen LogP contribution in [0.4, 0.5) is 5.69 Å². The van der Waals surface area contributed by atoms with Crippen LogP contribution in [0.5, 0.6) is 0 Å². The predicted octanol–water partition coefficient (Wildman–Crippen LogP) is 1.74. The number of nitrogens with zero attached hydrogens (tertiary/aromatic N) is 2. The highest BCUT2D eigenvalue weighted by Gasteiger charge is 2.09. The van der Waals surface area contributed by atoms with Gasteiger partial charge in [-0.15, -0.1) is 4.28 Å². The molecule has 1 unspecified atom stereocenters. The summed E-state index contributed by atoms with van der Waals surface area (Å²) >= 11 is -2.34. The van der Waals surface area contributed by atoms with E-state index >= 15 is 0 Å². The number of anilines is 1. The van der Waals surface area contributed by atoms with Crippen molar-refractivity contribution in [2.75, 3.05) is 12.1 Å². The molecule has 2 aromatic rings. The molecule has 0 aliphatic carbocycles. The van der Waals surface area contributed by atoms with Crippen molar-refractivity contribution in [3.8, 4) is 0 Å². The Morgan fingerprint density at radius 3 is 2.88 bits per heavy atom. The number of pyridine rings is 1. The van der Waals surface area contributed by atoms with Gasteiger partial charge in [-0.3, -0.25) is 9.54 Å². The van der Waals surface area contributed by atoms with Crippen molar-refractivity contribution in [1.29, 1.82) is 0 Å². The molecule has 1 N–H and O–H groups in total. The Hall–Kier alpha value is -1.50. The van der Waals surface area contributed by atoms with Gasteiger partial charge in [-0.2, -0.15) is 4.21 Å². The molecular formula is C10H10N2O3S. The van der Waals surface area contributed by atoms with Crippen LogP contribution in [0.3, 0.4) is 0 Å². The molecule has 0 amide bonds. The molecular weight excluding hydrogens is 228 g/mol. The van der Waals surface area contributed by atoms with E-state index in [2.05, 4.69) is 9.27 Å². The maximum atomic E-state index is 10.5. The van der Waals surface area contributed by atoms with Gasteiger partial charge in [-0.1, -0.05) is 18.2 Å². The smallest absolute Gasteiger partial charge is 0.282 e. The van der Waals surface area contributed by atoms with E-state index in [4.69, 9.17) is 4.55 Å². The summed E-state index contributed by atoms with van der Waals surface area (Å²) in [7, 11) is 1.55. The van der Waals surface area contributed by atoms with E-state index in [9.17, 15) is 4.21 Å². The molecule has 2 rings (SSSR count). The normalized spacial score (nSPS) is 12.6. The standard InChI is InChI=1S/C10H10N2O3S/c1-12(15-16(13)14)9-6-2-4-8-5-3-7-11-10(8)9/h2-7H,1H3,(H,13,14). The first-order chi connectivity index (χ1) is 7.68. The second-order valence-corrected chi connectivity index (χ2v) is 3.72. The van der Waals surface area contributed by atoms with Gasteiger partial charge in [0.1, 0.15) is 0 Å². The Labute approximate surface area is 95.1 Å². The van der Waals surface area contributed by atoms with E-state index in [0.29, 0.717) is 5.69 Å². The Morgan fingerprint density at radius 1 is 1.38 bits per heavy atom. The van der Waals surface area contributed by atoms with Gasteiger partial charge in [0.15, 0.2) is 0 Å². The number of hydroxylamine groups is 1. The summed E-state index contributed by atoms with van der Waals surface area (Å²) in [6.45, 7) is 0. The molecule has 1 aromatic heterocycles. The molecule has 0 fully saturated rings. The fourth-order valence-electron chi connectivity index (χ4n) is 1.48. The van der Waals surface area contributed by atoms with E-state index in [1.165, 1.54) is 5.06 Å². The zero-order valence-corrected chi connectivity index (χ0v) is 9.35. The van der Waals surface area contributed by atoms with Crippen LogP contribution in [0, 0.1) is 0 Å². The van der Waals surface area contributed by atoms with Gasteiger partial charge in [0.2, 0.25) is 0 Å². The van der Waals surface area contributed by atoms with E-state index in [0.717, 1.165) is 10.9 Å². The van der Waals surface area contributed by atoms with Gasteiger partial charge in [-0.25, -0.2) is 5.06 Å². The van der Waals surface area contributed by atoms with Crippen LogP contribution in [-0.4, -0.2) is 20.8 Å². The average Bonchev–Trinajstić information content (AvgIpc) is 2.27. The summed E-state index contributed by atoms with van der Waals surface area (Å²) < 4.78 is 23.9. The number of para-hydroxylation sites is 1. The second-order valence-electron chi connectivity index (χ2n) is 3.14. The van der Waals surface area contributed by atoms with Crippen molar-refractivity contribution in [2.45, 2.75) is 0 Å². The fourth-order valence-corrected chi connectivity index (χ4v) is 1.75. The lowest BCUT2D eigenvalue weighted by Crippen LogP contribution is -2.19. The van der Waals surface area contributed by atoms with Gasteiger partial charge < -0.3 is 0 Å². The van der Waals surface area contributed by atoms with E-state index in [-0.39, 0.29) is 0 Å². The van der Waals surface area contributed by atoms with Gasteiger partial charge in [0, 0.05) is 18.6 Å². The van der Waals surface area contributed by atoms with Crippen LogP contribution < -0.4 is 5.06 Å². The second kappa shape index (κ2) is 4.56.